The number of aromatic nitrogens is 1. The highest BCUT2D eigenvalue weighted by Gasteiger charge is 2.12. The number of nitrogens with zero attached hydrogens (tertiary/aromatic N) is 1. The van der Waals surface area contributed by atoms with E-state index < -0.39 is 0 Å². The van der Waals surface area contributed by atoms with E-state index in [1.807, 2.05) is 32.0 Å². The molecule has 1 heterocycles. The second-order valence-electron chi connectivity index (χ2n) is 4.20. The number of aryl methyl sites for hydroxylation is 1. The zero-order chi connectivity index (χ0) is 14.5. The van der Waals surface area contributed by atoms with Gasteiger partial charge in [-0.15, -0.1) is 0 Å². The normalized spacial score (nSPS) is 10.1. The molecule has 20 heavy (non-hydrogen) atoms. The van der Waals surface area contributed by atoms with Crippen LogP contribution in [0.4, 0.5) is 0 Å². The molecule has 0 spiro atoms. The molecule has 0 aliphatic carbocycles. The Labute approximate surface area is 117 Å². The largest absolute Gasteiger partial charge is 0.490 e. The average Bonchev–Trinajstić information content (AvgIpc) is 2.41. The Morgan fingerprint density at radius 2 is 1.90 bits per heavy atom. The van der Waals surface area contributed by atoms with Gasteiger partial charge in [0.15, 0.2) is 11.5 Å². The lowest BCUT2D eigenvalue weighted by Gasteiger charge is -2.13. The second-order valence-corrected chi connectivity index (χ2v) is 4.20. The van der Waals surface area contributed by atoms with Gasteiger partial charge in [0, 0.05) is 5.69 Å². The predicted octanol–water partition coefficient (Wildman–Crippen LogP) is 2.87. The molecule has 0 fully saturated rings. The summed E-state index contributed by atoms with van der Waals surface area (Å²) >= 11 is 0. The van der Waals surface area contributed by atoms with Crippen LogP contribution in [-0.2, 0) is 0 Å². The number of benzene rings is 1. The van der Waals surface area contributed by atoms with Gasteiger partial charge in [0.1, 0.15) is 5.84 Å². The summed E-state index contributed by atoms with van der Waals surface area (Å²) in [6.45, 7) is 4.30. The zero-order valence-electron chi connectivity index (χ0n) is 11.5. The lowest BCUT2D eigenvalue weighted by atomic mass is 10.2. The summed E-state index contributed by atoms with van der Waals surface area (Å²) in [7, 11) is 0. The highest BCUT2D eigenvalue weighted by atomic mass is 16.5. The number of ether oxygens (including phenoxy) is 2. The Hall–Kier alpha value is -2.56. The van der Waals surface area contributed by atoms with Crippen LogP contribution in [0.15, 0.2) is 36.4 Å². The fourth-order valence-electron chi connectivity index (χ4n) is 1.73. The van der Waals surface area contributed by atoms with Crippen molar-refractivity contribution in [3.05, 3.63) is 47.7 Å². The van der Waals surface area contributed by atoms with Gasteiger partial charge in [0.05, 0.1) is 12.2 Å². The smallest absolute Gasteiger partial charge is 0.230 e. The van der Waals surface area contributed by atoms with Crippen LogP contribution in [0.3, 0.4) is 0 Å². The molecule has 1 aromatic heterocycles. The molecule has 5 nitrogen and oxygen atoms in total. The van der Waals surface area contributed by atoms with Crippen molar-refractivity contribution in [1.82, 2.24) is 4.98 Å². The van der Waals surface area contributed by atoms with Crippen LogP contribution in [0.1, 0.15) is 18.2 Å². The van der Waals surface area contributed by atoms with Crippen LogP contribution < -0.4 is 15.2 Å². The van der Waals surface area contributed by atoms with Gasteiger partial charge in [-0.25, -0.2) is 4.98 Å². The van der Waals surface area contributed by atoms with E-state index in [2.05, 4.69) is 4.98 Å². The number of nitrogen functional groups attached to an aromatic ring is 1. The molecule has 3 N–H and O–H groups in total. The SMILES string of the molecule is CCOc1ccccc1Oc1nc(C)ccc1C(=N)N. The van der Waals surface area contributed by atoms with E-state index in [0.29, 0.717) is 29.5 Å². The van der Waals surface area contributed by atoms with E-state index in [1.165, 1.54) is 0 Å². The molecule has 2 rings (SSSR count). The highest BCUT2D eigenvalue weighted by Crippen LogP contribution is 2.31. The molecule has 0 unspecified atom stereocenters. The van der Waals surface area contributed by atoms with Gasteiger partial charge in [-0.05, 0) is 38.1 Å². The fraction of sp³-hybridized carbons (Fsp3) is 0.200. The van der Waals surface area contributed by atoms with Crippen molar-refractivity contribution < 1.29 is 9.47 Å². The molecule has 104 valence electrons. The van der Waals surface area contributed by atoms with Crippen molar-refractivity contribution in [2.45, 2.75) is 13.8 Å². The Kier molecular flexibility index (Phi) is 4.20. The molecular formula is C15H17N3O2. The van der Waals surface area contributed by atoms with Crippen molar-refractivity contribution in [3.8, 4) is 17.4 Å². The lowest BCUT2D eigenvalue weighted by molar-refractivity contribution is 0.319. The minimum atomic E-state index is -0.0820. The first-order valence-electron chi connectivity index (χ1n) is 6.33. The van der Waals surface area contributed by atoms with Gasteiger partial charge < -0.3 is 15.2 Å². The second kappa shape index (κ2) is 6.06. The molecule has 0 bridgehead atoms. The van der Waals surface area contributed by atoms with Crippen molar-refractivity contribution in [2.24, 2.45) is 5.73 Å². The summed E-state index contributed by atoms with van der Waals surface area (Å²) in [5.74, 6) is 1.41. The predicted molar refractivity (Wildman–Crippen MR) is 77.7 cm³/mol. The Morgan fingerprint density at radius 1 is 1.20 bits per heavy atom. The van der Waals surface area contributed by atoms with Crippen LogP contribution in [0.2, 0.25) is 0 Å². The summed E-state index contributed by atoms with van der Waals surface area (Å²) in [6.07, 6.45) is 0. The molecule has 0 radical (unpaired) electrons. The third-order valence-corrected chi connectivity index (χ3v) is 2.65. The summed E-state index contributed by atoms with van der Waals surface area (Å²) in [5, 5.41) is 7.57. The number of amidine groups is 1. The molecule has 0 atom stereocenters. The van der Waals surface area contributed by atoms with Crippen molar-refractivity contribution >= 4 is 5.84 Å². The third kappa shape index (κ3) is 3.06. The fourth-order valence-corrected chi connectivity index (χ4v) is 1.73. The van der Waals surface area contributed by atoms with E-state index in [4.69, 9.17) is 20.6 Å². The van der Waals surface area contributed by atoms with Gasteiger partial charge in [0.2, 0.25) is 5.88 Å². The van der Waals surface area contributed by atoms with Crippen LogP contribution in [0, 0.1) is 12.3 Å². The summed E-state index contributed by atoms with van der Waals surface area (Å²) < 4.78 is 11.3. The molecule has 1 aromatic carbocycles. The van der Waals surface area contributed by atoms with Crippen molar-refractivity contribution in [2.75, 3.05) is 6.61 Å². The van der Waals surface area contributed by atoms with E-state index >= 15 is 0 Å². The Balaban J connectivity index is 2.39. The number of nitrogens with two attached hydrogens (primary N) is 1. The number of rotatable bonds is 5. The summed E-state index contributed by atoms with van der Waals surface area (Å²) in [5.41, 5.74) is 6.80. The van der Waals surface area contributed by atoms with E-state index in [0.717, 1.165) is 5.69 Å². The van der Waals surface area contributed by atoms with Gasteiger partial charge in [0.25, 0.3) is 0 Å². The minimum absolute atomic E-state index is 0.0820. The van der Waals surface area contributed by atoms with E-state index in [1.54, 1.807) is 18.2 Å². The van der Waals surface area contributed by atoms with Gasteiger partial charge >= 0.3 is 0 Å². The summed E-state index contributed by atoms with van der Waals surface area (Å²) in [4.78, 5) is 4.29. The maximum Gasteiger partial charge on any atom is 0.230 e. The Bertz CT molecular complexity index is 626. The van der Waals surface area contributed by atoms with Gasteiger partial charge in [-0.2, -0.15) is 0 Å². The topological polar surface area (TPSA) is 81.2 Å². The molecular weight excluding hydrogens is 254 g/mol. The van der Waals surface area contributed by atoms with Crippen molar-refractivity contribution in [1.29, 1.82) is 5.41 Å². The van der Waals surface area contributed by atoms with Crippen LogP contribution >= 0.6 is 0 Å². The number of nitrogens with one attached hydrogen (secondary N) is 1. The minimum Gasteiger partial charge on any atom is -0.490 e. The maximum absolute atomic E-state index is 7.57. The van der Waals surface area contributed by atoms with Gasteiger partial charge in [-0.3, -0.25) is 5.41 Å². The number of para-hydroxylation sites is 2. The standard InChI is InChI=1S/C15H17N3O2/c1-3-19-12-6-4-5-7-13(12)20-15-11(14(16)17)9-8-10(2)18-15/h4-9H,3H2,1-2H3,(H3,16,17). The maximum atomic E-state index is 7.57. The third-order valence-electron chi connectivity index (χ3n) is 2.65. The van der Waals surface area contributed by atoms with Crippen LogP contribution in [-0.4, -0.2) is 17.4 Å². The monoisotopic (exact) mass is 271 g/mol. The molecule has 0 saturated carbocycles. The number of hydrogen-bond donors (Lipinski definition) is 2. The molecule has 2 aromatic rings. The zero-order valence-corrected chi connectivity index (χ0v) is 11.5. The van der Waals surface area contributed by atoms with E-state index in [9.17, 15) is 0 Å². The van der Waals surface area contributed by atoms with Crippen molar-refractivity contribution in [3.63, 3.8) is 0 Å². The first-order chi connectivity index (χ1) is 9.61. The first-order valence-corrected chi connectivity index (χ1v) is 6.33. The number of hydrogen-bond acceptors (Lipinski definition) is 4. The van der Waals surface area contributed by atoms with Crippen LogP contribution in [0.5, 0.6) is 17.4 Å². The highest BCUT2D eigenvalue weighted by molar-refractivity contribution is 5.97. The number of pyridine rings is 1. The van der Waals surface area contributed by atoms with Crippen LogP contribution in [0.25, 0.3) is 0 Å². The molecule has 0 aliphatic rings. The van der Waals surface area contributed by atoms with Gasteiger partial charge in [-0.1, -0.05) is 12.1 Å². The average molecular weight is 271 g/mol. The molecule has 0 aliphatic heterocycles. The molecule has 0 saturated heterocycles. The quantitative estimate of drug-likeness (QED) is 0.647. The molecule has 0 amide bonds. The Morgan fingerprint density at radius 3 is 2.55 bits per heavy atom. The summed E-state index contributed by atoms with van der Waals surface area (Å²) in [6, 6.07) is 10.8. The van der Waals surface area contributed by atoms with E-state index in [-0.39, 0.29) is 5.84 Å². The lowest BCUT2D eigenvalue weighted by Crippen LogP contribution is -2.13. The first kappa shape index (κ1) is 13.9. The molecule has 5 heteroatoms.